The van der Waals surface area contributed by atoms with Gasteiger partial charge in [0.15, 0.2) is 0 Å². The number of hydrogen-bond acceptors (Lipinski definition) is 3. The summed E-state index contributed by atoms with van der Waals surface area (Å²) >= 11 is 0. The summed E-state index contributed by atoms with van der Waals surface area (Å²) in [5.74, 6) is 0.758. The number of likely N-dealkylation sites (tertiary alicyclic amines) is 1. The van der Waals surface area contributed by atoms with Crippen molar-refractivity contribution in [2.75, 3.05) is 45.8 Å². The topological polar surface area (TPSA) is 35.6 Å². The van der Waals surface area contributed by atoms with Crippen molar-refractivity contribution in [1.82, 2.24) is 15.1 Å². The fourth-order valence-electron chi connectivity index (χ4n) is 3.72. The standard InChI is InChI=1S/C19H28FN3O.ClH/c20-18-4-2-1-3-17(18)15-16-5-10-22(11-6-16)12-7-19(24)23-13-8-21-9-14-23;/h1-4,16,21H,5-15H2;1H. The quantitative estimate of drug-likeness (QED) is 0.865. The number of halogens is 2. The van der Waals surface area contributed by atoms with E-state index in [1.54, 1.807) is 12.1 Å². The summed E-state index contributed by atoms with van der Waals surface area (Å²) in [6.07, 6.45) is 3.64. The summed E-state index contributed by atoms with van der Waals surface area (Å²) in [5.41, 5.74) is 0.838. The predicted octanol–water partition coefficient (Wildman–Crippen LogP) is 2.32. The first-order valence-corrected chi connectivity index (χ1v) is 9.16. The predicted molar refractivity (Wildman–Crippen MR) is 101 cm³/mol. The maximum absolute atomic E-state index is 13.8. The van der Waals surface area contributed by atoms with Crippen molar-refractivity contribution in [3.05, 3.63) is 35.6 Å². The van der Waals surface area contributed by atoms with Crippen molar-refractivity contribution in [3.8, 4) is 0 Å². The van der Waals surface area contributed by atoms with Crippen LogP contribution < -0.4 is 5.32 Å². The van der Waals surface area contributed by atoms with Crippen LogP contribution in [0.15, 0.2) is 24.3 Å². The van der Waals surface area contributed by atoms with E-state index in [4.69, 9.17) is 0 Å². The highest BCUT2D eigenvalue weighted by atomic mass is 35.5. The summed E-state index contributed by atoms with van der Waals surface area (Å²) in [5, 5.41) is 3.27. The van der Waals surface area contributed by atoms with Crippen LogP contribution in [0, 0.1) is 11.7 Å². The lowest BCUT2D eigenvalue weighted by molar-refractivity contribution is -0.132. The number of amides is 1. The lowest BCUT2D eigenvalue weighted by Crippen LogP contribution is -2.47. The average Bonchev–Trinajstić information content (AvgIpc) is 2.63. The van der Waals surface area contributed by atoms with Crippen molar-refractivity contribution < 1.29 is 9.18 Å². The van der Waals surface area contributed by atoms with Gasteiger partial charge in [0.2, 0.25) is 5.91 Å². The number of carbonyl (C=O) groups is 1. The van der Waals surface area contributed by atoms with Crippen LogP contribution >= 0.6 is 12.4 Å². The molecule has 0 unspecified atom stereocenters. The lowest BCUT2D eigenvalue weighted by atomic mass is 9.90. The van der Waals surface area contributed by atoms with Gasteiger partial charge in [-0.15, -0.1) is 12.4 Å². The maximum Gasteiger partial charge on any atom is 0.223 e. The normalized spacial score (nSPS) is 19.5. The Morgan fingerprint density at radius 1 is 1.12 bits per heavy atom. The molecule has 1 amide bonds. The van der Waals surface area contributed by atoms with Gasteiger partial charge in [0, 0.05) is 39.1 Å². The van der Waals surface area contributed by atoms with Crippen molar-refractivity contribution in [2.45, 2.75) is 25.7 Å². The molecule has 0 aromatic heterocycles. The zero-order valence-corrected chi connectivity index (χ0v) is 15.6. The molecular weight excluding hydrogens is 341 g/mol. The number of piperazine rings is 1. The molecule has 4 nitrogen and oxygen atoms in total. The SMILES string of the molecule is Cl.O=C(CCN1CCC(Cc2ccccc2F)CC1)N1CCNCC1. The number of hydrogen-bond donors (Lipinski definition) is 1. The van der Waals surface area contributed by atoms with E-state index in [0.717, 1.165) is 70.6 Å². The monoisotopic (exact) mass is 369 g/mol. The van der Waals surface area contributed by atoms with Gasteiger partial charge in [-0.05, 0) is 49.9 Å². The van der Waals surface area contributed by atoms with Crippen LogP contribution in [0.1, 0.15) is 24.8 Å². The molecule has 140 valence electrons. The van der Waals surface area contributed by atoms with Crippen molar-refractivity contribution in [3.63, 3.8) is 0 Å². The Bertz CT molecular complexity index is 543. The summed E-state index contributed by atoms with van der Waals surface area (Å²) in [7, 11) is 0. The van der Waals surface area contributed by atoms with Crippen molar-refractivity contribution >= 4 is 18.3 Å². The minimum absolute atomic E-state index is 0. The number of benzene rings is 1. The van der Waals surface area contributed by atoms with E-state index in [0.29, 0.717) is 12.3 Å². The van der Waals surface area contributed by atoms with Gasteiger partial charge in [-0.1, -0.05) is 18.2 Å². The van der Waals surface area contributed by atoms with E-state index in [1.807, 2.05) is 17.0 Å². The average molecular weight is 370 g/mol. The number of nitrogens with one attached hydrogen (secondary N) is 1. The highest BCUT2D eigenvalue weighted by molar-refractivity contribution is 5.85. The number of rotatable bonds is 5. The Morgan fingerprint density at radius 2 is 1.80 bits per heavy atom. The second kappa shape index (κ2) is 10.1. The van der Waals surface area contributed by atoms with E-state index in [9.17, 15) is 9.18 Å². The zero-order valence-electron chi connectivity index (χ0n) is 14.8. The number of piperidine rings is 1. The van der Waals surface area contributed by atoms with Crippen LogP contribution in [0.5, 0.6) is 0 Å². The van der Waals surface area contributed by atoms with Crippen LogP contribution in [0.25, 0.3) is 0 Å². The molecule has 1 aromatic carbocycles. The Kier molecular flexibility index (Phi) is 8.13. The van der Waals surface area contributed by atoms with Gasteiger partial charge in [-0.2, -0.15) is 0 Å². The third-order valence-electron chi connectivity index (χ3n) is 5.29. The van der Waals surface area contributed by atoms with Gasteiger partial charge in [0.1, 0.15) is 5.82 Å². The van der Waals surface area contributed by atoms with Crippen LogP contribution in [0.4, 0.5) is 4.39 Å². The van der Waals surface area contributed by atoms with Gasteiger partial charge >= 0.3 is 0 Å². The lowest BCUT2D eigenvalue weighted by Gasteiger charge is -2.33. The van der Waals surface area contributed by atoms with Gasteiger partial charge in [-0.3, -0.25) is 4.79 Å². The van der Waals surface area contributed by atoms with Crippen LogP contribution in [-0.4, -0.2) is 61.5 Å². The van der Waals surface area contributed by atoms with Crippen LogP contribution in [0.3, 0.4) is 0 Å². The Labute approximate surface area is 156 Å². The molecule has 1 aromatic rings. The molecule has 0 aliphatic carbocycles. The second-order valence-corrected chi connectivity index (χ2v) is 6.96. The molecule has 2 heterocycles. The molecule has 0 atom stereocenters. The maximum atomic E-state index is 13.8. The van der Waals surface area contributed by atoms with Crippen LogP contribution in [0.2, 0.25) is 0 Å². The third-order valence-corrected chi connectivity index (χ3v) is 5.29. The fraction of sp³-hybridized carbons (Fsp3) is 0.632. The second-order valence-electron chi connectivity index (χ2n) is 6.96. The first-order valence-electron chi connectivity index (χ1n) is 9.16. The molecule has 2 aliphatic rings. The van der Waals surface area contributed by atoms with E-state index in [2.05, 4.69) is 10.2 Å². The zero-order chi connectivity index (χ0) is 16.8. The van der Waals surface area contributed by atoms with E-state index in [-0.39, 0.29) is 24.1 Å². The largest absolute Gasteiger partial charge is 0.340 e. The minimum atomic E-state index is -0.0819. The summed E-state index contributed by atoms with van der Waals surface area (Å²) < 4.78 is 13.8. The highest BCUT2D eigenvalue weighted by Crippen LogP contribution is 2.23. The Balaban J connectivity index is 0.00000225. The molecule has 25 heavy (non-hydrogen) atoms. The Morgan fingerprint density at radius 3 is 2.48 bits per heavy atom. The molecule has 6 heteroatoms. The molecule has 3 rings (SSSR count). The van der Waals surface area contributed by atoms with E-state index >= 15 is 0 Å². The summed E-state index contributed by atoms with van der Waals surface area (Å²) in [4.78, 5) is 16.6. The highest BCUT2D eigenvalue weighted by Gasteiger charge is 2.22. The van der Waals surface area contributed by atoms with Crippen LogP contribution in [-0.2, 0) is 11.2 Å². The van der Waals surface area contributed by atoms with Crippen molar-refractivity contribution in [2.24, 2.45) is 5.92 Å². The molecule has 0 bridgehead atoms. The van der Waals surface area contributed by atoms with Gasteiger partial charge in [0.25, 0.3) is 0 Å². The first kappa shape index (κ1) is 20.1. The smallest absolute Gasteiger partial charge is 0.223 e. The molecule has 1 N–H and O–H groups in total. The van der Waals surface area contributed by atoms with Gasteiger partial charge in [-0.25, -0.2) is 4.39 Å². The third kappa shape index (κ3) is 5.94. The van der Waals surface area contributed by atoms with Crippen molar-refractivity contribution in [1.29, 1.82) is 0 Å². The number of carbonyl (C=O) groups excluding carboxylic acids is 1. The summed E-state index contributed by atoms with van der Waals surface area (Å²) in [6.45, 7) is 6.39. The fourth-order valence-corrected chi connectivity index (χ4v) is 3.72. The number of nitrogens with zero attached hydrogens (tertiary/aromatic N) is 2. The summed E-state index contributed by atoms with van der Waals surface area (Å²) in [6, 6.07) is 7.10. The first-order chi connectivity index (χ1) is 11.7. The molecule has 0 saturated carbocycles. The van der Waals surface area contributed by atoms with E-state index < -0.39 is 0 Å². The van der Waals surface area contributed by atoms with E-state index in [1.165, 1.54) is 0 Å². The molecular formula is C19H29ClFN3O. The van der Waals surface area contributed by atoms with Gasteiger partial charge in [0.05, 0.1) is 0 Å². The Hall–Kier alpha value is -1.17. The minimum Gasteiger partial charge on any atom is -0.340 e. The molecule has 2 saturated heterocycles. The molecule has 0 spiro atoms. The molecule has 0 radical (unpaired) electrons. The van der Waals surface area contributed by atoms with Gasteiger partial charge < -0.3 is 15.1 Å². The molecule has 2 fully saturated rings. The molecule has 2 aliphatic heterocycles.